The van der Waals surface area contributed by atoms with Crippen molar-refractivity contribution in [1.29, 1.82) is 0 Å². The van der Waals surface area contributed by atoms with Gasteiger partial charge >= 0.3 is 6.47 Å². The summed E-state index contributed by atoms with van der Waals surface area (Å²) < 4.78 is 4.24. The molecule has 0 saturated carbocycles. The Morgan fingerprint density at radius 3 is 2.88 bits per heavy atom. The van der Waals surface area contributed by atoms with Crippen LogP contribution in [0, 0.1) is 0 Å². The van der Waals surface area contributed by atoms with Gasteiger partial charge in [-0.25, -0.2) is 4.79 Å². The van der Waals surface area contributed by atoms with E-state index in [0.29, 0.717) is 0 Å². The van der Waals surface area contributed by atoms with Crippen molar-refractivity contribution < 1.29 is 9.53 Å². The number of hydrogen-bond donors (Lipinski definition) is 0. The van der Waals surface area contributed by atoms with Crippen molar-refractivity contribution in [3.05, 3.63) is 0 Å². The van der Waals surface area contributed by atoms with Crippen molar-refractivity contribution in [2.45, 2.75) is 13.3 Å². The zero-order valence-electron chi connectivity index (χ0n) is 4.64. The lowest BCUT2D eigenvalue weighted by molar-refractivity contribution is 0.325. The monoisotopic (exact) mass is 131 g/mol. The van der Waals surface area contributed by atoms with Gasteiger partial charge in [0, 0.05) is 4.86 Å². The fourth-order valence-electron chi connectivity index (χ4n) is 0.212. The van der Waals surface area contributed by atoms with Gasteiger partial charge < -0.3 is 4.74 Å². The molecule has 0 spiro atoms. The van der Waals surface area contributed by atoms with Gasteiger partial charge in [-0.05, 0) is 6.42 Å². The van der Waals surface area contributed by atoms with Gasteiger partial charge in [-0.15, -0.1) is 0 Å². The minimum atomic E-state index is 0.231. The molecule has 0 aliphatic heterocycles. The van der Waals surface area contributed by atoms with Crippen molar-refractivity contribution in [3.63, 3.8) is 0 Å². The van der Waals surface area contributed by atoms with Crippen LogP contribution in [0.1, 0.15) is 13.3 Å². The first-order chi connectivity index (χ1) is 3.81. The van der Waals surface area contributed by atoms with Gasteiger partial charge in [0.15, 0.2) is 0 Å². The zero-order valence-corrected chi connectivity index (χ0v) is 5.46. The molecule has 8 heavy (non-hydrogen) atoms. The van der Waals surface area contributed by atoms with E-state index in [1.165, 1.54) is 6.47 Å². The minimum Gasteiger partial charge on any atom is -0.452 e. The van der Waals surface area contributed by atoms with Crippen molar-refractivity contribution >= 4 is 23.6 Å². The van der Waals surface area contributed by atoms with Gasteiger partial charge in [0.1, 0.15) is 6.61 Å². The lowest BCUT2D eigenvalue weighted by Crippen LogP contribution is -2.02. The van der Waals surface area contributed by atoms with E-state index in [0.717, 1.165) is 11.3 Å². The Morgan fingerprint density at radius 1 is 1.88 bits per heavy atom. The molecule has 0 N–H and O–H groups in total. The summed E-state index contributed by atoms with van der Waals surface area (Å²) in [7, 11) is 0. The summed E-state index contributed by atoms with van der Waals surface area (Å²) in [6.45, 7) is 3.44. The van der Waals surface area contributed by atoms with E-state index in [2.05, 4.69) is 4.74 Å². The second-order valence-corrected chi connectivity index (χ2v) is 1.84. The Labute approximate surface area is 53.8 Å². The lowest BCUT2D eigenvalue weighted by Gasteiger charge is -1.93. The van der Waals surface area contributed by atoms with Crippen molar-refractivity contribution in [1.82, 2.24) is 0 Å². The van der Waals surface area contributed by atoms with Gasteiger partial charge in [-0.1, -0.05) is 19.1 Å². The molecule has 0 rings (SSSR count). The van der Waals surface area contributed by atoms with Crippen LogP contribution in [0.15, 0.2) is 0 Å². The Balaban J connectivity index is 3.11. The second kappa shape index (κ2) is 4.71. The highest BCUT2D eigenvalue weighted by Crippen LogP contribution is 1.83. The predicted molar refractivity (Wildman–Crippen MR) is 34.5 cm³/mol. The maximum absolute atomic E-state index is 9.42. The van der Waals surface area contributed by atoms with Crippen molar-refractivity contribution in [2.75, 3.05) is 6.61 Å². The molecule has 0 atom stereocenters. The van der Waals surface area contributed by atoms with Gasteiger partial charge in [0.25, 0.3) is 0 Å². The molecule has 0 unspecified atom stereocenters. The number of thiocarbonyl (C=S) groups is 1. The summed E-state index contributed by atoms with van der Waals surface area (Å²) in [6.07, 6.45) is 0.775. The molecule has 2 nitrogen and oxygen atoms in total. The first-order valence-corrected chi connectivity index (χ1v) is 2.72. The molecule has 0 aromatic rings. The summed E-state index contributed by atoms with van der Waals surface area (Å²) in [5.41, 5.74) is 0. The molecule has 0 aliphatic carbocycles. The van der Waals surface area contributed by atoms with E-state index in [1.807, 2.05) is 6.92 Å². The molecule has 0 saturated heterocycles. The third-order valence-corrected chi connectivity index (χ3v) is 1.09. The fourth-order valence-corrected chi connectivity index (χ4v) is 0.271. The van der Waals surface area contributed by atoms with Crippen LogP contribution >= 0.6 is 12.2 Å². The first kappa shape index (κ1) is 7.56. The third kappa shape index (κ3) is 3.74. The lowest BCUT2D eigenvalue weighted by atomic mass is 10.4. The minimum absolute atomic E-state index is 0.231. The molecule has 0 aromatic carbocycles. The van der Waals surface area contributed by atoms with E-state index < -0.39 is 0 Å². The number of ether oxygens (including phenoxy) is 1. The number of hydrogen-bond acceptors (Lipinski definition) is 3. The SMILES string of the molecule is CCC(=S)CO[C]=O. The summed E-state index contributed by atoms with van der Waals surface area (Å²) in [4.78, 5) is 10.2. The molecular formula is C5H7O2S. The molecule has 1 radical (unpaired) electrons. The van der Waals surface area contributed by atoms with Gasteiger partial charge in [0.05, 0.1) is 0 Å². The highest BCUT2D eigenvalue weighted by molar-refractivity contribution is 7.80. The molecule has 0 fully saturated rings. The van der Waals surface area contributed by atoms with E-state index in [1.54, 1.807) is 0 Å². The van der Waals surface area contributed by atoms with E-state index in [4.69, 9.17) is 12.2 Å². The quantitative estimate of drug-likeness (QED) is 0.529. The summed E-state index contributed by atoms with van der Waals surface area (Å²) in [5, 5.41) is 0. The van der Waals surface area contributed by atoms with Crippen LogP contribution < -0.4 is 0 Å². The second-order valence-electron chi connectivity index (χ2n) is 1.26. The predicted octanol–water partition coefficient (Wildman–Crippen LogP) is 0.850. The van der Waals surface area contributed by atoms with E-state index in [9.17, 15) is 4.79 Å². The Morgan fingerprint density at radius 2 is 2.50 bits per heavy atom. The number of carbonyl (C=O) groups excluding carboxylic acids is 1. The normalized spacial score (nSPS) is 8.12. The summed E-state index contributed by atoms with van der Waals surface area (Å²) in [5.74, 6) is 0. The average molecular weight is 131 g/mol. The van der Waals surface area contributed by atoms with Crippen LogP contribution in [-0.4, -0.2) is 17.9 Å². The average Bonchev–Trinajstić information content (AvgIpc) is 1.83. The highest BCUT2D eigenvalue weighted by atomic mass is 32.1. The summed E-state index contributed by atoms with van der Waals surface area (Å²) >= 11 is 4.72. The molecule has 0 amide bonds. The molecule has 45 valence electrons. The maximum atomic E-state index is 9.42. The van der Waals surface area contributed by atoms with Gasteiger partial charge in [-0.2, -0.15) is 0 Å². The van der Waals surface area contributed by atoms with E-state index >= 15 is 0 Å². The molecule has 0 aromatic heterocycles. The molecule has 0 bridgehead atoms. The van der Waals surface area contributed by atoms with Gasteiger partial charge in [0.2, 0.25) is 0 Å². The standard InChI is InChI=1S/C5H7O2S/c1-2-5(8)3-7-4-6/h2-3H2,1H3. The Kier molecular flexibility index (Phi) is 4.45. The van der Waals surface area contributed by atoms with Crippen LogP contribution in [0.2, 0.25) is 0 Å². The maximum Gasteiger partial charge on any atom is 0.417 e. The molecule has 3 heteroatoms. The third-order valence-electron chi connectivity index (χ3n) is 0.686. The topological polar surface area (TPSA) is 26.3 Å². The van der Waals surface area contributed by atoms with Crippen molar-refractivity contribution in [3.8, 4) is 0 Å². The van der Waals surface area contributed by atoms with Crippen molar-refractivity contribution in [2.24, 2.45) is 0 Å². The number of rotatable bonds is 4. The first-order valence-electron chi connectivity index (χ1n) is 2.32. The van der Waals surface area contributed by atoms with Crippen LogP contribution in [0.25, 0.3) is 0 Å². The highest BCUT2D eigenvalue weighted by Gasteiger charge is 1.90. The fraction of sp³-hybridized carbons (Fsp3) is 0.600. The molecule has 0 aliphatic rings. The van der Waals surface area contributed by atoms with E-state index in [-0.39, 0.29) is 6.61 Å². The van der Waals surface area contributed by atoms with Crippen LogP contribution in [-0.2, 0) is 9.53 Å². The van der Waals surface area contributed by atoms with Crippen LogP contribution in [0.4, 0.5) is 0 Å². The van der Waals surface area contributed by atoms with Crippen LogP contribution in [0.5, 0.6) is 0 Å². The zero-order chi connectivity index (χ0) is 6.41. The Hall–Kier alpha value is -0.440. The smallest absolute Gasteiger partial charge is 0.417 e. The Bertz CT molecular complexity index is 90.4. The summed E-state index contributed by atoms with van der Waals surface area (Å²) in [6, 6.07) is 0. The van der Waals surface area contributed by atoms with Crippen LogP contribution in [0.3, 0.4) is 0 Å². The largest absolute Gasteiger partial charge is 0.452 e. The molecular weight excluding hydrogens is 124 g/mol. The molecule has 0 heterocycles. The van der Waals surface area contributed by atoms with Gasteiger partial charge in [-0.3, -0.25) is 0 Å².